The van der Waals surface area contributed by atoms with Crippen molar-refractivity contribution in [2.45, 2.75) is 58.0 Å². The first-order valence-electron chi connectivity index (χ1n) is 6.13. The van der Waals surface area contributed by atoms with E-state index in [1.165, 1.54) is 0 Å². The lowest BCUT2D eigenvalue weighted by Gasteiger charge is -2.51. The van der Waals surface area contributed by atoms with E-state index in [0.29, 0.717) is 0 Å². The number of hydrogen-bond acceptors (Lipinski definition) is 2. The zero-order valence-electron chi connectivity index (χ0n) is 10.8. The minimum atomic E-state index is -2.25. The summed E-state index contributed by atoms with van der Waals surface area (Å²) in [5, 5.41) is 3.54. The minimum Gasteiger partial charge on any atom is -0.308 e. The zero-order chi connectivity index (χ0) is 12.4. The Hall–Kier alpha value is -0.220. The van der Waals surface area contributed by atoms with Gasteiger partial charge in [-0.25, -0.2) is 8.78 Å². The van der Waals surface area contributed by atoms with Crippen molar-refractivity contribution in [3.8, 4) is 0 Å². The van der Waals surface area contributed by atoms with Crippen LogP contribution < -0.4 is 5.32 Å². The van der Waals surface area contributed by atoms with Crippen molar-refractivity contribution in [3.63, 3.8) is 0 Å². The fourth-order valence-electron chi connectivity index (χ4n) is 2.35. The first-order valence-corrected chi connectivity index (χ1v) is 6.13. The molecule has 16 heavy (non-hydrogen) atoms. The van der Waals surface area contributed by atoms with Gasteiger partial charge in [0.2, 0.25) is 0 Å². The molecule has 96 valence electrons. The monoisotopic (exact) mass is 234 g/mol. The van der Waals surface area contributed by atoms with E-state index in [9.17, 15) is 8.78 Å². The van der Waals surface area contributed by atoms with Crippen LogP contribution in [0.15, 0.2) is 0 Å². The van der Waals surface area contributed by atoms with Crippen LogP contribution in [0.1, 0.15) is 40.5 Å². The highest BCUT2D eigenvalue weighted by molar-refractivity contribution is 5.00. The van der Waals surface area contributed by atoms with Gasteiger partial charge in [0.05, 0.1) is 6.54 Å². The summed E-state index contributed by atoms with van der Waals surface area (Å²) in [5.41, 5.74) is -0.158. The third-order valence-electron chi connectivity index (χ3n) is 3.96. The Morgan fingerprint density at radius 1 is 1.25 bits per heavy atom. The average Bonchev–Trinajstić information content (AvgIpc) is 2.21. The molecule has 0 aromatic rings. The highest BCUT2D eigenvalue weighted by atomic mass is 19.3. The molecule has 0 atom stereocenters. The molecule has 1 fully saturated rings. The maximum absolute atomic E-state index is 12.6. The van der Waals surface area contributed by atoms with E-state index < -0.39 is 6.43 Å². The molecule has 1 N–H and O–H groups in total. The summed E-state index contributed by atoms with van der Waals surface area (Å²) in [6.45, 7) is 9.68. The molecular weight excluding hydrogens is 210 g/mol. The van der Waals surface area contributed by atoms with Crippen LogP contribution in [0.25, 0.3) is 0 Å². The Labute approximate surface area is 97.4 Å². The van der Waals surface area contributed by atoms with Gasteiger partial charge in [-0.3, -0.25) is 4.90 Å². The average molecular weight is 234 g/mol. The van der Waals surface area contributed by atoms with E-state index in [1.54, 1.807) is 0 Å². The molecule has 0 aliphatic carbocycles. The molecule has 0 spiro atoms. The predicted octanol–water partition coefficient (Wildman–Crippen LogP) is 2.49. The van der Waals surface area contributed by atoms with Gasteiger partial charge in [-0.1, -0.05) is 13.8 Å². The highest BCUT2D eigenvalue weighted by Crippen LogP contribution is 2.28. The number of nitrogens with one attached hydrogen (secondary N) is 1. The molecule has 1 aliphatic rings. The van der Waals surface area contributed by atoms with E-state index in [4.69, 9.17) is 0 Å². The standard InChI is InChI=1S/C12H24F2N2/c1-5-12(6-2)9-16(7-10(13)14)11(3,4)8-15-12/h10,15H,5-9H2,1-4H3. The van der Waals surface area contributed by atoms with Crippen molar-refractivity contribution < 1.29 is 8.78 Å². The summed E-state index contributed by atoms with van der Waals surface area (Å²) < 4.78 is 25.1. The van der Waals surface area contributed by atoms with Crippen LogP contribution in [0.5, 0.6) is 0 Å². The Balaban J connectivity index is 2.76. The second-order valence-corrected chi connectivity index (χ2v) is 5.43. The molecule has 1 rings (SSSR count). The fourth-order valence-corrected chi connectivity index (χ4v) is 2.35. The summed E-state index contributed by atoms with van der Waals surface area (Å²) in [4.78, 5) is 1.93. The molecule has 4 heteroatoms. The topological polar surface area (TPSA) is 15.3 Å². The third-order valence-corrected chi connectivity index (χ3v) is 3.96. The molecular formula is C12H24F2N2. The lowest BCUT2D eigenvalue weighted by Crippen LogP contribution is -2.68. The van der Waals surface area contributed by atoms with Gasteiger partial charge in [-0.05, 0) is 26.7 Å². The summed E-state index contributed by atoms with van der Waals surface area (Å²) in [7, 11) is 0. The number of nitrogens with zero attached hydrogens (tertiary/aromatic N) is 1. The lowest BCUT2D eigenvalue weighted by molar-refractivity contribution is -0.0188. The van der Waals surface area contributed by atoms with E-state index >= 15 is 0 Å². The second kappa shape index (κ2) is 4.96. The molecule has 0 saturated carbocycles. The van der Waals surface area contributed by atoms with Gasteiger partial charge in [0, 0.05) is 24.2 Å². The number of alkyl halides is 2. The molecule has 1 heterocycles. The van der Waals surface area contributed by atoms with E-state index in [2.05, 4.69) is 19.2 Å². The summed E-state index contributed by atoms with van der Waals surface area (Å²) in [6.07, 6.45) is -0.276. The summed E-state index contributed by atoms with van der Waals surface area (Å²) >= 11 is 0. The molecule has 0 amide bonds. The first-order chi connectivity index (χ1) is 7.35. The SMILES string of the molecule is CCC1(CC)CN(CC(F)F)C(C)(C)CN1. The van der Waals surface area contributed by atoms with Crippen LogP contribution in [-0.2, 0) is 0 Å². The van der Waals surface area contributed by atoms with Crippen molar-refractivity contribution in [1.29, 1.82) is 0 Å². The van der Waals surface area contributed by atoms with Gasteiger partial charge >= 0.3 is 0 Å². The first kappa shape index (κ1) is 13.8. The second-order valence-electron chi connectivity index (χ2n) is 5.43. The van der Waals surface area contributed by atoms with E-state index in [1.807, 2.05) is 18.7 Å². The molecule has 0 aromatic carbocycles. The molecule has 1 saturated heterocycles. The predicted molar refractivity (Wildman–Crippen MR) is 63.0 cm³/mol. The van der Waals surface area contributed by atoms with Crippen LogP contribution in [0.2, 0.25) is 0 Å². The quantitative estimate of drug-likeness (QED) is 0.804. The van der Waals surface area contributed by atoms with Crippen molar-refractivity contribution in [1.82, 2.24) is 10.2 Å². The van der Waals surface area contributed by atoms with Crippen LogP contribution in [-0.4, -0.2) is 42.0 Å². The minimum absolute atomic E-state index is 0.0183. The van der Waals surface area contributed by atoms with Gasteiger partial charge in [0.15, 0.2) is 0 Å². The zero-order valence-corrected chi connectivity index (χ0v) is 10.8. The largest absolute Gasteiger partial charge is 0.308 e. The van der Waals surface area contributed by atoms with Crippen molar-refractivity contribution >= 4 is 0 Å². The molecule has 0 bridgehead atoms. The van der Waals surface area contributed by atoms with Crippen LogP contribution in [0.3, 0.4) is 0 Å². The van der Waals surface area contributed by atoms with E-state index in [-0.39, 0.29) is 17.6 Å². The Bertz CT molecular complexity index is 225. The fraction of sp³-hybridized carbons (Fsp3) is 1.00. The molecule has 0 radical (unpaired) electrons. The smallest absolute Gasteiger partial charge is 0.251 e. The number of hydrogen-bond donors (Lipinski definition) is 1. The van der Waals surface area contributed by atoms with Gasteiger partial charge in [-0.2, -0.15) is 0 Å². The highest BCUT2D eigenvalue weighted by Gasteiger charge is 2.41. The Morgan fingerprint density at radius 3 is 2.25 bits per heavy atom. The van der Waals surface area contributed by atoms with Crippen LogP contribution in [0, 0.1) is 0 Å². The molecule has 2 nitrogen and oxygen atoms in total. The maximum atomic E-state index is 12.6. The normalized spacial score (nSPS) is 24.9. The molecule has 0 unspecified atom stereocenters. The summed E-state index contributed by atoms with van der Waals surface area (Å²) in [5.74, 6) is 0. The van der Waals surface area contributed by atoms with Crippen molar-refractivity contribution in [3.05, 3.63) is 0 Å². The van der Waals surface area contributed by atoms with Gasteiger partial charge in [-0.15, -0.1) is 0 Å². The Morgan fingerprint density at radius 2 is 1.81 bits per heavy atom. The van der Waals surface area contributed by atoms with Crippen molar-refractivity contribution in [2.24, 2.45) is 0 Å². The molecule has 0 aromatic heterocycles. The lowest BCUT2D eigenvalue weighted by atomic mass is 9.85. The number of rotatable bonds is 4. The van der Waals surface area contributed by atoms with E-state index in [0.717, 1.165) is 25.9 Å². The summed E-state index contributed by atoms with van der Waals surface area (Å²) in [6, 6.07) is 0. The van der Waals surface area contributed by atoms with Gasteiger partial charge in [0.25, 0.3) is 6.43 Å². The van der Waals surface area contributed by atoms with Crippen LogP contribution in [0.4, 0.5) is 8.78 Å². The van der Waals surface area contributed by atoms with Gasteiger partial charge < -0.3 is 5.32 Å². The number of halogens is 2. The van der Waals surface area contributed by atoms with Gasteiger partial charge in [0.1, 0.15) is 0 Å². The Kier molecular flexibility index (Phi) is 4.29. The maximum Gasteiger partial charge on any atom is 0.251 e. The third kappa shape index (κ3) is 2.92. The number of piperazine rings is 1. The molecule has 1 aliphatic heterocycles. The van der Waals surface area contributed by atoms with Crippen LogP contribution >= 0.6 is 0 Å². The van der Waals surface area contributed by atoms with Crippen molar-refractivity contribution in [2.75, 3.05) is 19.6 Å².